The van der Waals surface area contributed by atoms with E-state index >= 15 is 0 Å². The van der Waals surface area contributed by atoms with Crippen LogP contribution in [0.4, 0.5) is 4.39 Å². The minimum Gasteiger partial charge on any atom is -0.342 e. The van der Waals surface area contributed by atoms with Crippen LogP contribution in [-0.2, 0) is 16.1 Å². The highest BCUT2D eigenvalue weighted by Crippen LogP contribution is 2.41. The van der Waals surface area contributed by atoms with Gasteiger partial charge >= 0.3 is 0 Å². The normalized spacial score (nSPS) is 24.0. The third-order valence-corrected chi connectivity index (χ3v) is 5.03. The van der Waals surface area contributed by atoms with Crippen LogP contribution in [0.5, 0.6) is 0 Å². The van der Waals surface area contributed by atoms with Crippen LogP contribution in [0.2, 0.25) is 0 Å². The number of nitrogens with zero attached hydrogens (tertiary/aromatic N) is 2. The number of halogens is 1. The van der Waals surface area contributed by atoms with Crippen molar-refractivity contribution in [3.05, 3.63) is 35.6 Å². The molecule has 2 heterocycles. The third kappa shape index (κ3) is 3.09. The van der Waals surface area contributed by atoms with Crippen LogP contribution in [0, 0.1) is 11.2 Å². The van der Waals surface area contributed by atoms with Crippen molar-refractivity contribution in [1.29, 1.82) is 0 Å². The third-order valence-electron chi connectivity index (χ3n) is 5.03. The van der Waals surface area contributed by atoms with E-state index in [-0.39, 0.29) is 17.6 Å². The summed E-state index contributed by atoms with van der Waals surface area (Å²) in [5, 5.41) is 0. The summed E-state index contributed by atoms with van der Waals surface area (Å²) >= 11 is 0. The van der Waals surface area contributed by atoms with Crippen LogP contribution < -0.4 is 0 Å². The van der Waals surface area contributed by atoms with Gasteiger partial charge < -0.3 is 9.80 Å². The van der Waals surface area contributed by atoms with Crippen molar-refractivity contribution < 1.29 is 14.0 Å². The molecule has 1 atom stereocenters. The van der Waals surface area contributed by atoms with Crippen molar-refractivity contribution in [2.75, 3.05) is 19.6 Å². The van der Waals surface area contributed by atoms with E-state index in [9.17, 15) is 14.0 Å². The Balaban J connectivity index is 1.66. The second kappa shape index (κ2) is 6.30. The Hall–Kier alpha value is -1.91. The number of amides is 2. The van der Waals surface area contributed by atoms with Gasteiger partial charge in [0.1, 0.15) is 5.82 Å². The van der Waals surface area contributed by atoms with E-state index in [1.54, 1.807) is 6.07 Å². The van der Waals surface area contributed by atoms with E-state index < -0.39 is 5.41 Å². The van der Waals surface area contributed by atoms with Crippen molar-refractivity contribution in [3.8, 4) is 0 Å². The van der Waals surface area contributed by atoms with Crippen LogP contribution in [0.1, 0.15) is 38.2 Å². The summed E-state index contributed by atoms with van der Waals surface area (Å²) in [5.41, 5.74) is 0.406. The summed E-state index contributed by atoms with van der Waals surface area (Å²) in [7, 11) is 0. The van der Waals surface area contributed by atoms with Gasteiger partial charge in [-0.3, -0.25) is 9.59 Å². The average Bonchev–Trinajstić information content (AvgIpc) is 3.08. The van der Waals surface area contributed by atoms with Crippen LogP contribution in [-0.4, -0.2) is 41.2 Å². The summed E-state index contributed by atoms with van der Waals surface area (Å²) in [4.78, 5) is 28.5. The highest BCUT2D eigenvalue weighted by atomic mass is 19.1. The van der Waals surface area contributed by atoms with E-state index in [0.717, 1.165) is 24.8 Å². The maximum atomic E-state index is 13.3. The Bertz CT molecular complexity index is 619. The first-order valence-corrected chi connectivity index (χ1v) is 8.36. The van der Waals surface area contributed by atoms with Gasteiger partial charge in [-0.1, -0.05) is 19.1 Å². The molecule has 4 nitrogen and oxygen atoms in total. The number of hydrogen-bond donors (Lipinski definition) is 0. The van der Waals surface area contributed by atoms with Gasteiger partial charge in [0.25, 0.3) is 0 Å². The summed E-state index contributed by atoms with van der Waals surface area (Å²) in [6.45, 7) is 4.35. The van der Waals surface area contributed by atoms with Crippen molar-refractivity contribution in [3.63, 3.8) is 0 Å². The zero-order chi connectivity index (χ0) is 16.4. The van der Waals surface area contributed by atoms with E-state index in [0.29, 0.717) is 32.6 Å². The topological polar surface area (TPSA) is 40.6 Å². The molecular formula is C18H23FN2O2. The van der Waals surface area contributed by atoms with Crippen molar-refractivity contribution in [2.45, 2.75) is 39.2 Å². The van der Waals surface area contributed by atoms with Gasteiger partial charge in [-0.25, -0.2) is 4.39 Å². The maximum Gasteiger partial charge on any atom is 0.231 e. The second-order valence-electron chi connectivity index (χ2n) is 6.70. The Morgan fingerprint density at radius 2 is 2.09 bits per heavy atom. The highest BCUT2D eigenvalue weighted by molar-refractivity contribution is 5.87. The molecule has 0 N–H and O–H groups in total. The average molecular weight is 318 g/mol. The molecule has 5 heteroatoms. The predicted molar refractivity (Wildman–Crippen MR) is 85.0 cm³/mol. The van der Waals surface area contributed by atoms with Crippen LogP contribution in [0.25, 0.3) is 0 Å². The van der Waals surface area contributed by atoms with E-state index in [2.05, 4.69) is 0 Å². The molecule has 1 spiro atoms. The number of benzene rings is 1. The number of rotatable bonds is 4. The lowest BCUT2D eigenvalue weighted by molar-refractivity contribution is -0.136. The summed E-state index contributed by atoms with van der Waals surface area (Å²) in [6.07, 6.45) is 2.93. The summed E-state index contributed by atoms with van der Waals surface area (Å²) in [6, 6.07) is 6.39. The Labute approximate surface area is 136 Å². The molecule has 1 aromatic carbocycles. The maximum absolute atomic E-state index is 13.3. The molecule has 23 heavy (non-hydrogen) atoms. The Kier molecular flexibility index (Phi) is 4.37. The molecule has 2 aliphatic rings. The first kappa shape index (κ1) is 16.0. The zero-order valence-electron chi connectivity index (χ0n) is 13.6. The highest BCUT2D eigenvalue weighted by Gasteiger charge is 2.51. The monoisotopic (exact) mass is 318 g/mol. The molecule has 2 saturated heterocycles. The SMILES string of the molecule is CCCC(=O)N1CCC2(CCN(Cc3cccc(F)c3)C2=O)C1. The molecule has 124 valence electrons. The van der Waals surface area contributed by atoms with Gasteiger partial charge in [0, 0.05) is 32.6 Å². The molecular weight excluding hydrogens is 295 g/mol. The number of carbonyl (C=O) groups excluding carboxylic acids is 2. The van der Waals surface area contributed by atoms with Crippen molar-refractivity contribution in [1.82, 2.24) is 9.80 Å². The van der Waals surface area contributed by atoms with Crippen molar-refractivity contribution in [2.24, 2.45) is 5.41 Å². The zero-order valence-corrected chi connectivity index (χ0v) is 13.6. The lowest BCUT2D eigenvalue weighted by atomic mass is 9.85. The molecule has 2 fully saturated rings. The molecule has 3 rings (SSSR count). The molecule has 1 aromatic rings. The summed E-state index contributed by atoms with van der Waals surface area (Å²) < 4.78 is 13.3. The van der Waals surface area contributed by atoms with E-state index in [1.165, 1.54) is 12.1 Å². The fourth-order valence-electron chi connectivity index (χ4n) is 3.74. The molecule has 2 aliphatic heterocycles. The minimum absolute atomic E-state index is 0.119. The van der Waals surface area contributed by atoms with Gasteiger partial charge in [-0.15, -0.1) is 0 Å². The molecule has 2 amide bonds. The van der Waals surface area contributed by atoms with Crippen LogP contribution in [0.3, 0.4) is 0 Å². The number of carbonyl (C=O) groups is 2. The fourth-order valence-corrected chi connectivity index (χ4v) is 3.74. The fraction of sp³-hybridized carbons (Fsp3) is 0.556. The lowest BCUT2D eigenvalue weighted by Gasteiger charge is -2.23. The van der Waals surface area contributed by atoms with E-state index in [4.69, 9.17) is 0 Å². The van der Waals surface area contributed by atoms with E-state index in [1.807, 2.05) is 22.8 Å². The van der Waals surface area contributed by atoms with Gasteiger partial charge in [0.05, 0.1) is 5.41 Å². The second-order valence-corrected chi connectivity index (χ2v) is 6.70. The standard InChI is InChI=1S/C18H23FN2O2/c1-2-4-16(22)21-10-8-18(13-21)7-9-20(17(18)23)12-14-5-3-6-15(19)11-14/h3,5-6,11H,2,4,7-10,12-13H2,1H3. The molecule has 0 radical (unpaired) electrons. The van der Waals surface area contributed by atoms with Gasteiger partial charge in [0.15, 0.2) is 0 Å². The first-order chi connectivity index (χ1) is 11.0. The molecule has 0 saturated carbocycles. The van der Waals surface area contributed by atoms with Crippen LogP contribution in [0.15, 0.2) is 24.3 Å². The predicted octanol–water partition coefficient (Wildman–Crippen LogP) is 2.58. The Morgan fingerprint density at radius 3 is 2.83 bits per heavy atom. The van der Waals surface area contributed by atoms with Gasteiger partial charge in [-0.2, -0.15) is 0 Å². The largest absolute Gasteiger partial charge is 0.342 e. The van der Waals surface area contributed by atoms with Crippen LogP contribution >= 0.6 is 0 Å². The van der Waals surface area contributed by atoms with Gasteiger partial charge in [-0.05, 0) is 37.0 Å². The first-order valence-electron chi connectivity index (χ1n) is 8.36. The Morgan fingerprint density at radius 1 is 1.30 bits per heavy atom. The lowest BCUT2D eigenvalue weighted by Crippen LogP contribution is -2.38. The number of likely N-dealkylation sites (tertiary alicyclic amines) is 2. The van der Waals surface area contributed by atoms with Gasteiger partial charge in [0.2, 0.25) is 11.8 Å². The minimum atomic E-state index is -0.406. The molecule has 0 aromatic heterocycles. The molecule has 0 bridgehead atoms. The number of hydrogen-bond acceptors (Lipinski definition) is 2. The molecule has 1 unspecified atom stereocenters. The molecule has 0 aliphatic carbocycles. The smallest absolute Gasteiger partial charge is 0.231 e. The summed E-state index contributed by atoms with van der Waals surface area (Å²) in [5.74, 6) is -0.00428. The van der Waals surface area contributed by atoms with Crippen molar-refractivity contribution >= 4 is 11.8 Å². The quantitative estimate of drug-likeness (QED) is 0.856.